The van der Waals surface area contributed by atoms with Crippen LogP contribution in [-0.2, 0) is 9.47 Å². The van der Waals surface area contributed by atoms with Crippen molar-refractivity contribution in [3.05, 3.63) is 0 Å². The van der Waals surface area contributed by atoms with Gasteiger partial charge < -0.3 is 20.1 Å². The second kappa shape index (κ2) is 4.14. The Morgan fingerprint density at radius 3 is 2.82 bits per heavy atom. The third kappa shape index (κ3) is 2.72. The van der Waals surface area contributed by atoms with Crippen LogP contribution < -0.4 is 5.73 Å². The molecule has 0 spiro atoms. The fourth-order valence-corrected chi connectivity index (χ4v) is 2.45. The zero-order chi connectivity index (χ0) is 12.7. The van der Waals surface area contributed by atoms with Gasteiger partial charge >= 0.3 is 6.09 Å². The SMILES string of the molecule is CC(C)(C)OC(=O)N1CC2OCCCC2(N)C1. The average molecular weight is 242 g/mol. The van der Waals surface area contributed by atoms with E-state index in [4.69, 9.17) is 15.2 Å². The summed E-state index contributed by atoms with van der Waals surface area (Å²) in [7, 11) is 0. The predicted molar refractivity (Wildman–Crippen MR) is 63.7 cm³/mol. The van der Waals surface area contributed by atoms with E-state index >= 15 is 0 Å². The normalized spacial score (nSPS) is 33.4. The van der Waals surface area contributed by atoms with Crippen LogP contribution in [0.25, 0.3) is 0 Å². The molecule has 17 heavy (non-hydrogen) atoms. The fraction of sp³-hybridized carbons (Fsp3) is 0.917. The second-order valence-electron chi connectivity index (χ2n) is 6.06. The number of ether oxygens (including phenoxy) is 2. The summed E-state index contributed by atoms with van der Waals surface area (Å²) >= 11 is 0. The van der Waals surface area contributed by atoms with Crippen molar-refractivity contribution in [3.8, 4) is 0 Å². The Hall–Kier alpha value is -0.810. The quantitative estimate of drug-likeness (QED) is 0.691. The van der Waals surface area contributed by atoms with Crippen LogP contribution in [0.4, 0.5) is 4.79 Å². The van der Waals surface area contributed by atoms with E-state index in [9.17, 15) is 4.79 Å². The Bertz CT molecular complexity index is 313. The van der Waals surface area contributed by atoms with E-state index in [0.29, 0.717) is 13.1 Å². The summed E-state index contributed by atoms with van der Waals surface area (Å²) < 4.78 is 11.0. The molecule has 2 N–H and O–H groups in total. The van der Waals surface area contributed by atoms with Crippen LogP contribution >= 0.6 is 0 Å². The molecule has 0 radical (unpaired) electrons. The largest absolute Gasteiger partial charge is 0.444 e. The van der Waals surface area contributed by atoms with E-state index < -0.39 is 5.60 Å². The van der Waals surface area contributed by atoms with Crippen LogP contribution in [0.5, 0.6) is 0 Å². The number of hydrogen-bond donors (Lipinski definition) is 1. The molecular formula is C12H22N2O3. The number of amides is 1. The molecule has 5 nitrogen and oxygen atoms in total. The minimum atomic E-state index is -0.465. The first-order chi connectivity index (χ1) is 7.80. The van der Waals surface area contributed by atoms with Crippen molar-refractivity contribution < 1.29 is 14.3 Å². The molecule has 98 valence electrons. The molecule has 2 aliphatic heterocycles. The van der Waals surface area contributed by atoms with Gasteiger partial charge in [0.15, 0.2) is 0 Å². The molecule has 0 bridgehead atoms. The number of fused-ring (bicyclic) bond motifs is 1. The first-order valence-electron chi connectivity index (χ1n) is 6.19. The van der Waals surface area contributed by atoms with Gasteiger partial charge in [-0.05, 0) is 33.6 Å². The van der Waals surface area contributed by atoms with Gasteiger partial charge in [-0.1, -0.05) is 0 Å². The number of nitrogens with zero attached hydrogens (tertiary/aromatic N) is 1. The van der Waals surface area contributed by atoms with Gasteiger partial charge in [0.25, 0.3) is 0 Å². The summed E-state index contributed by atoms with van der Waals surface area (Å²) in [5.74, 6) is 0. The van der Waals surface area contributed by atoms with Gasteiger partial charge in [-0.25, -0.2) is 4.79 Å². The minimum Gasteiger partial charge on any atom is -0.444 e. The minimum absolute atomic E-state index is 0.0382. The Morgan fingerprint density at radius 1 is 1.53 bits per heavy atom. The van der Waals surface area contributed by atoms with Crippen LogP contribution in [0.1, 0.15) is 33.6 Å². The Kier molecular flexibility index (Phi) is 3.08. The Balaban J connectivity index is 1.99. The van der Waals surface area contributed by atoms with E-state index in [1.54, 1.807) is 4.90 Å². The molecule has 0 aromatic rings. The van der Waals surface area contributed by atoms with E-state index in [1.165, 1.54) is 0 Å². The number of rotatable bonds is 0. The number of hydrogen-bond acceptors (Lipinski definition) is 4. The zero-order valence-electron chi connectivity index (χ0n) is 10.9. The monoisotopic (exact) mass is 242 g/mol. The van der Waals surface area contributed by atoms with Crippen LogP contribution in [0.3, 0.4) is 0 Å². The van der Waals surface area contributed by atoms with Crippen molar-refractivity contribution >= 4 is 6.09 Å². The number of carbonyl (C=O) groups is 1. The molecule has 0 aromatic heterocycles. The lowest BCUT2D eigenvalue weighted by Crippen LogP contribution is -2.54. The molecule has 0 aromatic carbocycles. The van der Waals surface area contributed by atoms with Gasteiger partial charge in [0.2, 0.25) is 0 Å². The zero-order valence-corrected chi connectivity index (χ0v) is 10.9. The van der Waals surface area contributed by atoms with Gasteiger partial charge in [0.1, 0.15) is 5.60 Å². The third-order valence-corrected chi connectivity index (χ3v) is 3.27. The molecule has 0 saturated carbocycles. The van der Waals surface area contributed by atoms with Crippen LogP contribution in [0.15, 0.2) is 0 Å². The van der Waals surface area contributed by atoms with Gasteiger partial charge in [0.05, 0.1) is 18.2 Å². The first-order valence-corrected chi connectivity index (χ1v) is 6.19. The lowest BCUT2D eigenvalue weighted by Gasteiger charge is -2.34. The van der Waals surface area contributed by atoms with Gasteiger partial charge in [-0.3, -0.25) is 0 Å². The molecule has 0 aliphatic carbocycles. The van der Waals surface area contributed by atoms with Gasteiger partial charge in [-0.2, -0.15) is 0 Å². The maximum atomic E-state index is 11.9. The highest BCUT2D eigenvalue weighted by molar-refractivity contribution is 5.69. The van der Waals surface area contributed by atoms with Crippen molar-refractivity contribution in [1.29, 1.82) is 0 Å². The van der Waals surface area contributed by atoms with Gasteiger partial charge in [0, 0.05) is 13.2 Å². The molecule has 2 rings (SSSR count). The van der Waals surface area contributed by atoms with E-state index in [1.807, 2.05) is 20.8 Å². The maximum Gasteiger partial charge on any atom is 0.410 e. The van der Waals surface area contributed by atoms with Crippen LogP contribution in [0.2, 0.25) is 0 Å². The third-order valence-electron chi connectivity index (χ3n) is 3.27. The maximum absolute atomic E-state index is 11.9. The summed E-state index contributed by atoms with van der Waals surface area (Å²) in [5, 5.41) is 0. The molecule has 2 heterocycles. The first kappa shape index (κ1) is 12.6. The number of nitrogens with two attached hydrogens (primary N) is 1. The molecule has 2 fully saturated rings. The highest BCUT2D eigenvalue weighted by atomic mass is 16.6. The van der Waals surface area contributed by atoms with E-state index in [2.05, 4.69) is 0 Å². The van der Waals surface area contributed by atoms with E-state index in [-0.39, 0.29) is 17.7 Å². The van der Waals surface area contributed by atoms with E-state index in [0.717, 1.165) is 19.4 Å². The average Bonchev–Trinajstić information content (AvgIpc) is 2.52. The number of likely N-dealkylation sites (tertiary alicyclic amines) is 1. The van der Waals surface area contributed by atoms with Crippen LogP contribution in [0, 0.1) is 0 Å². The van der Waals surface area contributed by atoms with Crippen LogP contribution in [-0.4, -0.2) is 47.9 Å². The molecule has 2 atom stereocenters. The standard InChI is InChI=1S/C12H22N2O3/c1-11(2,3)17-10(15)14-7-9-12(13,8-14)5-4-6-16-9/h9H,4-8,13H2,1-3H3. The number of carbonyl (C=O) groups excluding carboxylic acids is 1. The Morgan fingerprint density at radius 2 is 2.24 bits per heavy atom. The highest BCUT2D eigenvalue weighted by Gasteiger charge is 2.48. The smallest absolute Gasteiger partial charge is 0.410 e. The van der Waals surface area contributed by atoms with Crippen molar-refractivity contribution in [3.63, 3.8) is 0 Å². The summed E-state index contributed by atoms with van der Waals surface area (Å²) in [6.07, 6.45) is 1.55. The van der Waals surface area contributed by atoms with Crippen molar-refractivity contribution in [2.75, 3.05) is 19.7 Å². The molecular weight excluding hydrogens is 220 g/mol. The molecule has 2 unspecified atom stereocenters. The lowest BCUT2D eigenvalue weighted by molar-refractivity contribution is -0.0151. The van der Waals surface area contributed by atoms with Crippen molar-refractivity contribution in [2.24, 2.45) is 5.73 Å². The topological polar surface area (TPSA) is 64.8 Å². The highest BCUT2D eigenvalue weighted by Crippen LogP contribution is 2.31. The second-order valence-corrected chi connectivity index (χ2v) is 6.06. The summed E-state index contributed by atoms with van der Waals surface area (Å²) in [6, 6.07) is 0. The summed E-state index contributed by atoms with van der Waals surface area (Å²) in [5.41, 5.74) is 5.44. The van der Waals surface area contributed by atoms with Gasteiger partial charge in [-0.15, -0.1) is 0 Å². The molecule has 2 saturated heterocycles. The lowest BCUT2D eigenvalue weighted by atomic mass is 9.89. The fourth-order valence-electron chi connectivity index (χ4n) is 2.45. The predicted octanol–water partition coefficient (Wildman–Crippen LogP) is 1.11. The summed E-state index contributed by atoms with van der Waals surface area (Å²) in [4.78, 5) is 13.6. The molecule has 5 heteroatoms. The molecule has 1 amide bonds. The van der Waals surface area contributed by atoms with Crippen molar-refractivity contribution in [2.45, 2.75) is 50.9 Å². The molecule has 2 aliphatic rings. The van der Waals surface area contributed by atoms with Crippen molar-refractivity contribution in [1.82, 2.24) is 4.90 Å². The summed E-state index contributed by atoms with van der Waals surface area (Å²) in [6.45, 7) is 7.41. The Labute approximate surface area is 102 Å².